The lowest BCUT2D eigenvalue weighted by molar-refractivity contribution is 0.748. The molecule has 2 unspecified atom stereocenters. The van der Waals surface area contributed by atoms with E-state index in [0.29, 0.717) is 11.6 Å². The normalized spacial score (nSPS) is 14.8. The first-order valence-electron chi connectivity index (χ1n) is 40.6. The molecule has 0 saturated carbocycles. The minimum atomic E-state index is -0.696. The summed E-state index contributed by atoms with van der Waals surface area (Å²) < 4.78 is 5.05. The molecular formula is C112H68N6. The first-order chi connectivity index (χ1) is 58.5. The molecule has 0 bridgehead atoms. The molecule has 2 atom stereocenters. The van der Waals surface area contributed by atoms with Crippen molar-refractivity contribution in [3.8, 4) is 146 Å². The van der Waals surface area contributed by atoms with Gasteiger partial charge in [-0.3, -0.25) is 0 Å². The summed E-state index contributed by atoms with van der Waals surface area (Å²) in [6.45, 7) is 0. The number of benzene rings is 17. The Kier molecular flexibility index (Phi) is 14.3. The van der Waals surface area contributed by atoms with Crippen LogP contribution in [0.1, 0.15) is 44.5 Å². The van der Waals surface area contributed by atoms with Crippen molar-refractivity contribution in [3.05, 3.63) is 457 Å². The molecule has 0 radical (unpaired) electrons. The van der Waals surface area contributed by atoms with Gasteiger partial charge in [-0.25, -0.2) is 19.9 Å². The maximum Gasteiger partial charge on any atom is 0.160 e. The first-order valence-corrected chi connectivity index (χ1v) is 40.6. The topological polar surface area (TPSA) is 61.4 Å². The van der Waals surface area contributed by atoms with Gasteiger partial charge in [0.15, 0.2) is 11.6 Å². The Hall–Kier alpha value is -15.5. The van der Waals surface area contributed by atoms with Crippen molar-refractivity contribution in [2.75, 3.05) is 0 Å². The Morgan fingerprint density at radius 3 is 1.13 bits per heavy atom. The number of fused-ring (bicyclic) bond motifs is 24. The van der Waals surface area contributed by atoms with E-state index in [0.717, 1.165) is 95.1 Å². The van der Waals surface area contributed by atoms with Crippen LogP contribution in [-0.4, -0.2) is 29.1 Å². The molecule has 6 heteroatoms. The molecule has 0 amide bonds. The number of hydrogen-bond donors (Lipinski definition) is 0. The van der Waals surface area contributed by atoms with Crippen molar-refractivity contribution in [2.45, 2.75) is 10.8 Å². The second-order valence-corrected chi connectivity index (χ2v) is 31.8. The van der Waals surface area contributed by atoms with Crippen molar-refractivity contribution >= 4 is 43.6 Å². The van der Waals surface area contributed by atoms with Gasteiger partial charge in [0.05, 0.1) is 67.0 Å². The molecule has 118 heavy (non-hydrogen) atoms. The smallest absolute Gasteiger partial charge is 0.160 e. The lowest BCUT2D eigenvalue weighted by Gasteiger charge is -2.40. The van der Waals surface area contributed by atoms with Crippen LogP contribution in [0.15, 0.2) is 413 Å². The van der Waals surface area contributed by atoms with E-state index in [1.807, 2.05) is 12.1 Å². The van der Waals surface area contributed by atoms with E-state index in [9.17, 15) is 0 Å². The Balaban J connectivity index is 0.560. The minimum absolute atomic E-state index is 0.543. The molecule has 6 nitrogen and oxygen atoms in total. The van der Waals surface area contributed by atoms with Crippen LogP contribution in [0.4, 0.5) is 0 Å². The number of hydrogen-bond acceptors (Lipinski definition) is 4. The molecule has 546 valence electrons. The van der Waals surface area contributed by atoms with E-state index >= 15 is 0 Å². The van der Waals surface area contributed by atoms with Gasteiger partial charge < -0.3 is 9.13 Å². The van der Waals surface area contributed by atoms with Crippen LogP contribution in [0.25, 0.3) is 190 Å². The molecular weight excluding hydrogens is 1430 g/mol. The summed E-state index contributed by atoms with van der Waals surface area (Å²) >= 11 is 0. The summed E-state index contributed by atoms with van der Waals surface area (Å²) in [7, 11) is 0. The van der Waals surface area contributed by atoms with E-state index in [4.69, 9.17) is 19.9 Å². The molecule has 17 aromatic carbocycles. The van der Waals surface area contributed by atoms with Crippen LogP contribution in [0.2, 0.25) is 0 Å². The predicted molar refractivity (Wildman–Crippen MR) is 482 cm³/mol. The van der Waals surface area contributed by atoms with Crippen molar-refractivity contribution in [3.63, 3.8) is 0 Å². The van der Waals surface area contributed by atoms with E-state index in [-0.39, 0.29) is 0 Å². The molecule has 0 fully saturated rings. The molecule has 6 heterocycles. The first kappa shape index (κ1) is 66.0. The molecule has 0 N–H and O–H groups in total. The molecule has 2 aliphatic carbocycles. The second kappa shape index (κ2) is 25.5. The highest BCUT2D eigenvalue weighted by molar-refractivity contribution is 6.15. The lowest BCUT2D eigenvalue weighted by atomic mass is 9.65. The van der Waals surface area contributed by atoms with E-state index in [1.54, 1.807) is 0 Å². The molecule has 25 rings (SSSR count). The largest absolute Gasteiger partial charge is 0.309 e. The monoisotopic (exact) mass is 1500 g/mol. The molecule has 2 aliphatic heterocycles. The zero-order chi connectivity index (χ0) is 77.3. The summed E-state index contributed by atoms with van der Waals surface area (Å²) in [6, 6.07) is 152. The quantitative estimate of drug-likeness (QED) is 0.137. The zero-order valence-electron chi connectivity index (χ0n) is 63.9. The van der Waals surface area contributed by atoms with Crippen LogP contribution < -0.4 is 0 Å². The van der Waals surface area contributed by atoms with Crippen LogP contribution in [-0.2, 0) is 10.8 Å². The van der Waals surface area contributed by atoms with Gasteiger partial charge >= 0.3 is 0 Å². The highest BCUT2D eigenvalue weighted by atomic mass is 15.0. The van der Waals surface area contributed by atoms with E-state index < -0.39 is 10.8 Å². The Morgan fingerprint density at radius 1 is 0.178 bits per heavy atom. The fourth-order valence-corrected chi connectivity index (χ4v) is 20.7. The van der Waals surface area contributed by atoms with Gasteiger partial charge in [-0.15, -0.1) is 0 Å². The molecule has 0 saturated heterocycles. The van der Waals surface area contributed by atoms with Crippen molar-refractivity contribution < 1.29 is 0 Å². The molecule has 4 aliphatic rings. The third-order valence-corrected chi connectivity index (χ3v) is 25.8. The average molecular weight is 1500 g/mol. The Labute approximate surface area is 681 Å². The summed E-state index contributed by atoms with van der Waals surface area (Å²) in [4.78, 5) is 21.3. The third kappa shape index (κ3) is 9.51. The Morgan fingerprint density at radius 2 is 0.525 bits per heavy atom. The highest BCUT2D eigenvalue weighted by Gasteiger charge is 2.53. The minimum Gasteiger partial charge on any atom is -0.309 e. The highest BCUT2D eigenvalue weighted by Crippen LogP contribution is 2.65. The van der Waals surface area contributed by atoms with Crippen molar-refractivity contribution in [2.24, 2.45) is 0 Å². The number of rotatable bonds is 10. The number of para-hydroxylation sites is 5. The molecule has 4 aromatic heterocycles. The maximum absolute atomic E-state index is 5.42. The lowest BCUT2D eigenvalue weighted by Crippen LogP contribution is -2.33. The third-order valence-electron chi connectivity index (χ3n) is 25.8. The fraction of sp³-hybridized carbons (Fsp3) is 0.0179. The van der Waals surface area contributed by atoms with Crippen LogP contribution in [0.5, 0.6) is 0 Å². The average Bonchev–Trinajstić information content (AvgIpc) is 1.50. The van der Waals surface area contributed by atoms with Gasteiger partial charge in [0.25, 0.3) is 0 Å². The van der Waals surface area contributed by atoms with Crippen LogP contribution >= 0.6 is 0 Å². The van der Waals surface area contributed by atoms with Gasteiger partial charge in [0.2, 0.25) is 0 Å². The number of aromatic nitrogens is 6. The predicted octanol–water partition coefficient (Wildman–Crippen LogP) is 27.5. The van der Waals surface area contributed by atoms with E-state index in [2.05, 4.69) is 410 Å². The standard InChI is InChI=1S/C112H68N6/c1-4-24-73(25-5-1)98-68-101(114-109(113-98)77-58-54-72(55-59-77)82-36-21-42-93-106(82)89-35-11-15-40-91(89)111(93)92-41-16-19-47-104(92)117-102-45-17-12-33-85(102)87-37-22-43-94(111)107(87)117)76-56-52-70(53-57-76)69-48-50-71(51-49-69)79-60-62-84-83-32-10-14-39-90(83)112(96(84)65-79)95-44-23-38-88-86-34-13-18-46-103(86)118(108(88)95)105-63-61-80(66-97(105)112)78-30-20-31-81(64-78)110-115-99(74-26-6-2-7-27-74)67-100(116-110)75-28-8-3-9-29-75/h1-68H. The van der Waals surface area contributed by atoms with Gasteiger partial charge in [-0.2, -0.15) is 0 Å². The van der Waals surface area contributed by atoms with Crippen molar-refractivity contribution in [1.29, 1.82) is 0 Å². The van der Waals surface area contributed by atoms with Gasteiger partial charge in [-0.1, -0.05) is 358 Å². The van der Waals surface area contributed by atoms with Crippen molar-refractivity contribution in [1.82, 2.24) is 29.1 Å². The summed E-state index contributed by atoms with van der Waals surface area (Å²) in [5.74, 6) is 1.35. The summed E-state index contributed by atoms with van der Waals surface area (Å²) in [5.41, 5.74) is 40.0. The van der Waals surface area contributed by atoms with Gasteiger partial charge in [0.1, 0.15) is 0 Å². The maximum atomic E-state index is 5.42. The summed E-state index contributed by atoms with van der Waals surface area (Å²) in [6.07, 6.45) is 0. The van der Waals surface area contributed by atoms with Gasteiger partial charge in [0, 0.05) is 54.9 Å². The molecule has 2 spiro atoms. The van der Waals surface area contributed by atoms with Gasteiger partial charge in [-0.05, 0) is 166 Å². The van der Waals surface area contributed by atoms with Crippen LogP contribution in [0.3, 0.4) is 0 Å². The summed E-state index contributed by atoms with van der Waals surface area (Å²) in [5, 5.41) is 5.03. The Bertz CT molecular complexity index is 7710. The zero-order valence-corrected chi connectivity index (χ0v) is 63.9. The number of nitrogens with zero attached hydrogens (tertiary/aromatic N) is 6. The molecule has 21 aromatic rings. The SMILES string of the molecule is c1ccc(-c2cc(-c3ccc(-c4ccc(-c5ccc6c(c5)C5(c7ccccc7-6)c6cc(-c7cccc(-c8nc(-c9ccccc9)cc(-c9ccccc9)n8)c7)ccc6-n6c7ccccc7c7cccc5c76)cc4)cc3)nc(-c3ccc(-c4cccc5c4-c4ccccc4C54c5ccccc5-n5c6ccccc6c6cccc4c65)cc3)n2)cc1. The van der Waals surface area contributed by atoms with Crippen LogP contribution in [0, 0.1) is 0 Å². The van der Waals surface area contributed by atoms with E-state index in [1.165, 1.54) is 127 Å². The fourth-order valence-electron chi connectivity index (χ4n) is 20.7. The second-order valence-electron chi connectivity index (χ2n) is 31.8.